The van der Waals surface area contributed by atoms with Crippen molar-refractivity contribution in [3.8, 4) is 0 Å². The van der Waals surface area contributed by atoms with E-state index >= 15 is 0 Å². The summed E-state index contributed by atoms with van der Waals surface area (Å²) in [5.41, 5.74) is 0.570. The van der Waals surface area contributed by atoms with Crippen molar-refractivity contribution in [2.24, 2.45) is 0 Å². The Hall–Kier alpha value is -1.75. The molecule has 0 heterocycles. The highest BCUT2D eigenvalue weighted by Crippen LogP contribution is 2.14. The Morgan fingerprint density at radius 3 is 2.33 bits per heavy atom. The first-order chi connectivity index (χ1) is 8.40. The van der Waals surface area contributed by atoms with Crippen molar-refractivity contribution < 1.29 is 14.7 Å². The van der Waals surface area contributed by atoms with Crippen LogP contribution in [0.25, 0.3) is 0 Å². The third-order valence-electron chi connectivity index (χ3n) is 2.29. The van der Waals surface area contributed by atoms with E-state index in [2.05, 4.69) is 5.32 Å². The highest BCUT2D eigenvalue weighted by Gasteiger charge is 2.19. The third-order valence-corrected chi connectivity index (χ3v) is 2.54. The second-order valence-electron chi connectivity index (χ2n) is 4.05. The van der Waals surface area contributed by atoms with Crippen molar-refractivity contribution >= 4 is 29.3 Å². The number of urea groups is 1. The van der Waals surface area contributed by atoms with Crippen molar-refractivity contribution in [1.29, 1.82) is 0 Å². The van der Waals surface area contributed by atoms with Crippen LogP contribution in [0, 0.1) is 0 Å². The van der Waals surface area contributed by atoms with Crippen molar-refractivity contribution in [3.63, 3.8) is 0 Å². The Kier molecular flexibility index (Phi) is 4.97. The molecular formula is C12H15ClN2O3. The molecule has 0 saturated heterocycles. The summed E-state index contributed by atoms with van der Waals surface area (Å²) in [7, 11) is 0. The Balaban J connectivity index is 2.72. The molecule has 1 aromatic carbocycles. The van der Waals surface area contributed by atoms with Crippen LogP contribution in [0.1, 0.15) is 13.8 Å². The number of halogens is 1. The molecule has 0 aliphatic rings. The predicted molar refractivity (Wildman–Crippen MR) is 69.9 cm³/mol. The SMILES string of the molecule is CC(C)N(CC(=O)O)C(=O)Nc1ccc(Cl)cc1. The predicted octanol–water partition coefficient (Wildman–Crippen LogP) is 2.67. The Labute approximate surface area is 110 Å². The topological polar surface area (TPSA) is 69.6 Å². The lowest BCUT2D eigenvalue weighted by molar-refractivity contribution is -0.137. The summed E-state index contributed by atoms with van der Waals surface area (Å²) in [6, 6.07) is 5.95. The summed E-state index contributed by atoms with van der Waals surface area (Å²) in [6.45, 7) is 3.17. The summed E-state index contributed by atoms with van der Waals surface area (Å²) in [5, 5.41) is 11.9. The van der Waals surface area contributed by atoms with Crippen molar-refractivity contribution in [2.75, 3.05) is 11.9 Å². The fourth-order valence-electron chi connectivity index (χ4n) is 1.36. The second-order valence-corrected chi connectivity index (χ2v) is 4.49. The van der Waals surface area contributed by atoms with Crippen LogP contribution in [0.2, 0.25) is 5.02 Å². The number of hydrogen-bond donors (Lipinski definition) is 2. The highest BCUT2D eigenvalue weighted by atomic mass is 35.5. The van der Waals surface area contributed by atoms with Gasteiger partial charge >= 0.3 is 12.0 Å². The number of aliphatic carboxylic acids is 1. The zero-order valence-corrected chi connectivity index (χ0v) is 10.9. The van der Waals surface area contributed by atoms with E-state index in [9.17, 15) is 9.59 Å². The molecule has 2 amide bonds. The van der Waals surface area contributed by atoms with Crippen LogP contribution in [0.15, 0.2) is 24.3 Å². The van der Waals surface area contributed by atoms with Gasteiger partial charge in [-0.3, -0.25) is 4.79 Å². The van der Waals surface area contributed by atoms with E-state index in [4.69, 9.17) is 16.7 Å². The van der Waals surface area contributed by atoms with Crippen molar-refractivity contribution in [2.45, 2.75) is 19.9 Å². The average molecular weight is 271 g/mol. The number of benzene rings is 1. The first-order valence-electron chi connectivity index (χ1n) is 5.45. The normalized spacial score (nSPS) is 10.2. The molecule has 5 nitrogen and oxygen atoms in total. The third kappa shape index (κ3) is 4.25. The van der Waals surface area contributed by atoms with Gasteiger partial charge < -0.3 is 15.3 Å². The molecular weight excluding hydrogens is 256 g/mol. The van der Waals surface area contributed by atoms with Crippen LogP contribution in [0.3, 0.4) is 0 Å². The number of carboxylic acid groups (broad SMARTS) is 1. The quantitative estimate of drug-likeness (QED) is 0.884. The fraction of sp³-hybridized carbons (Fsp3) is 0.333. The zero-order chi connectivity index (χ0) is 13.7. The monoisotopic (exact) mass is 270 g/mol. The van der Waals surface area contributed by atoms with Gasteiger partial charge in [0.05, 0.1) is 0 Å². The lowest BCUT2D eigenvalue weighted by Crippen LogP contribution is -2.43. The maximum Gasteiger partial charge on any atom is 0.323 e. The molecule has 0 unspecified atom stereocenters. The van der Waals surface area contributed by atoms with Gasteiger partial charge in [0.25, 0.3) is 0 Å². The molecule has 98 valence electrons. The van der Waals surface area contributed by atoms with Gasteiger partial charge in [-0.25, -0.2) is 4.79 Å². The number of nitrogens with one attached hydrogen (secondary N) is 1. The summed E-state index contributed by atoms with van der Waals surface area (Å²) in [6.07, 6.45) is 0. The molecule has 1 rings (SSSR count). The first-order valence-corrected chi connectivity index (χ1v) is 5.83. The minimum atomic E-state index is -1.05. The molecule has 0 radical (unpaired) electrons. The molecule has 0 fully saturated rings. The second kappa shape index (κ2) is 6.26. The molecule has 0 aromatic heterocycles. The summed E-state index contributed by atoms with van der Waals surface area (Å²) >= 11 is 5.73. The Bertz CT molecular complexity index is 431. The number of carboxylic acids is 1. The zero-order valence-electron chi connectivity index (χ0n) is 10.2. The van der Waals surface area contributed by atoms with Gasteiger partial charge in [-0.2, -0.15) is 0 Å². The summed E-state index contributed by atoms with van der Waals surface area (Å²) < 4.78 is 0. The Morgan fingerprint density at radius 2 is 1.89 bits per heavy atom. The lowest BCUT2D eigenvalue weighted by atomic mass is 10.3. The molecule has 1 aromatic rings. The van der Waals surface area contributed by atoms with E-state index in [0.717, 1.165) is 0 Å². The number of hydrogen-bond acceptors (Lipinski definition) is 2. The smallest absolute Gasteiger partial charge is 0.323 e. The molecule has 6 heteroatoms. The molecule has 0 aliphatic carbocycles. The number of carbonyl (C=O) groups excluding carboxylic acids is 1. The minimum Gasteiger partial charge on any atom is -0.480 e. The van der Waals surface area contributed by atoms with Gasteiger partial charge in [-0.15, -0.1) is 0 Å². The van der Waals surface area contributed by atoms with Crippen LogP contribution in [-0.4, -0.2) is 34.6 Å². The van der Waals surface area contributed by atoms with Gasteiger partial charge in [0.15, 0.2) is 0 Å². The van der Waals surface area contributed by atoms with Gasteiger partial charge in [-0.1, -0.05) is 11.6 Å². The van der Waals surface area contributed by atoms with Crippen LogP contribution < -0.4 is 5.32 Å². The van der Waals surface area contributed by atoms with E-state index in [-0.39, 0.29) is 12.6 Å². The van der Waals surface area contributed by atoms with Gasteiger partial charge in [0, 0.05) is 16.8 Å². The summed E-state index contributed by atoms with van der Waals surface area (Å²) in [4.78, 5) is 23.8. The molecule has 0 spiro atoms. The van der Waals surface area contributed by atoms with Crippen LogP contribution in [0.4, 0.5) is 10.5 Å². The van der Waals surface area contributed by atoms with Crippen LogP contribution >= 0.6 is 11.6 Å². The van der Waals surface area contributed by atoms with Crippen LogP contribution in [-0.2, 0) is 4.79 Å². The average Bonchev–Trinajstić information content (AvgIpc) is 2.28. The minimum absolute atomic E-state index is 0.201. The molecule has 2 N–H and O–H groups in total. The van der Waals surface area contributed by atoms with E-state index in [1.165, 1.54) is 4.90 Å². The Morgan fingerprint density at radius 1 is 1.33 bits per heavy atom. The largest absolute Gasteiger partial charge is 0.480 e. The number of amides is 2. The molecule has 0 saturated carbocycles. The van der Waals surface area contributed by atoms with Gasteiger partial charge in [-0.05, 0) is 38.1 Å². The fourth-order valence-corrected chi connectivity index (χ4v) is 1.49. The van der Waals surface area contributed by atoms with E-state index in [0.29, 0.717) is 10.7 Å². The summed E-state index contributed by atoms with van der Waals surface area (Å²) in [5.74, 6) is -1.05. The van der Waals surface area contributed by atoms with Crippen LogP contribution in [0.5, 0.6) is 0 Å². The molecule has 0 aliphatic heterocycles. The maximum atomic E-state index is 11.9. The van der Waals surface area contributed by atoms with E-state index < -0.39 is 12.0 Å². The first kappa shape index (κ1) is 14.3. The maximum absolute atomic E-state index is 11.9. The molecule has 0 atom stereocenters. The van der Waals surface area contributed by atoms with E-state index in [1.54, 1.807) is 38.1 Å². The van der Waals surface area contributed by atoms with Gasteiger partial charge in [0.1, 0.15) is 6.54 Å². The number of nitrogens with zero attached hydrogens (tertiary/aromatic N) is 1. The number of carbonyl (C=O) groups is 2. The van der Waals surface area contributed by atoms with E-state index in [1.807, 2.05) is 0 Å². The van der Waals surface area contributed by atoms with Crippen molar-refractivity contribution in [1.82, 2.24) is 4.90 Å². The molecule has 18 heavy (non-hydrogen) atoms. The highest BCUT2D eigenvalue weighted by molar-refractivity contribution is 6.30. The van der Waals surface area contributed by atoms with Gasteiger partial charge in [0.2, 0.25) is 0 Å². The molecule has 0 bridgehead atoms. The lowest BCUT2D eigenvalue weighted by Gasteiger charge is -2.25. The van der Waals surface area contributed by atoms with Crippen molar-refractivity contribution in [3.05, 3.63) is 29.3 Å². The number of rotatable bonds is 4. The number of anilines is 1. The standard InChI is InChI=1S/C12H15ClN2O3/c1-8(2)15(7-11(16)17)12(18)14-10-5-3-9(13)4-6-10/h3-6,8H,7H2,1-2H3,(H,14,18)(H,16,17).